The predicted molar refractivity (Wildman–Crippen MR) is 45.2 cm³/mol. The molecule has 1 unspecified atom stereocenters. The smallest absolute Gasteiger partial charge is 0.0933 e. The number of rotatable bonds is 3. The van der Waals surface area contributed by atoms with Gasteiger partial charge in [0.2, 0.25) is 0 Å². The van der Waals surface area contributed by atoms with E-state index in [1.807, 2.05) is 0 Å². The molecule has 2 saturated heterocycles. The first-order valence-corrected chi connectivity index (χ1v) is 4.58. The SMILES string of the molecule is C1COC(CNC2CNC2)CO1. The Morgan fingerprint density at radius 3 is 2.83 bits per heavy atom. The van der Waals surface area contributed by atoms with Gasteiger partial charge in [-0.15, -0.1) is 0 Å². The van der Waals surface area contributed by atoms with Gasteiger partial charge in [0, 0.05) is 25.7 Å². The van der Waals surface area contributed by atoms with E-state index in [9.17, 15) is 0 Å². The zero-order chi connectivity index (χ0) is 8.23. The Balaban J connectivity index is 1.58. The van der Waals surface area contributed by atoms with E-state index >= 15 is 0 Å². The lowest BCUT2D eigenvalue weighted by Crippen LogP contribution is -2.57. The van der Waals surface area contributed by atoms with E-state index < -0.39 is 0 Å². The lowest BCUT2D eigenvalue weighted by Gasteiger charge is -2.31. The van der Waals surface area contributed by atoms with Gasteiger partial charge in [-0.1, -0.05) is 0 Å². The van der Waals surface area contributed by atoms with Gasteiger partial charge >= 0.3 is 0 Å². The van der Waals surface area contributed by atoms with Crippen LogP contribution in [0.5, 0.6) is 0 Å². The molecule has 2 aliphatic heterocycles. The molecule has 2 aliphatic rings. The van der Waals surface area contributed by atoms with E-state index in [1.165, 1.54) is 0 Å². The Labute approximate surface area is 72.6 Å². The zero-order valence-corrected chi connectivity index (χ0v) is 7.21. The molecule has 2 heterocycles. The van der Waals surface area contributed by atoms with Crippen LogP contribution in [0.3, 0.4) is 0 Å². The third-order valence-electron chi connectivity index (χ3n) is 2.30. The van der Waals surface area contributed by atoms with Crippen LogP contribution in [0.15, 0.2) is 0 Å². The van der Waals surface area contributed by atoms with Crippen molar-refractivity contribution >= 4 is 0 Å². The minimum atomic E-state index is 0.263. The third-order valence-corrected chi connectivity index (χ3v) is 2.30. The molecule has 0 aromatic heterocycles. The van der Waals surface area contributed by atoms with Crippen molar-refractivity contribution in [2.45, 2.75) is 12.1 Å². The van der Waals surface area contributed by atoms with Gasteiger partial charge in [-0.25, -0.2) is 0 Å². The molecule has 2 rings (SSSR count). The molecule has 4 heteroatoms. The molecule has 0 aromatic carbocycles. The van der Waals surface area contributed by atoms with Gasteiger partial charge in [0.1, 0.15) is 0 Å². The van der Waals surface area contributed by atoms with Crippen molar-refractivity contribution in [2.75, 3.05) is 39.5 Å². The summed E-state index contributed by atoms with van der Waals surface area (Å²) in [5.74, 6) is 0. The fourth-order valence-electron chi connectivity index (χ4n) is 1.39. The fourth-order valence-corrected chi connectivity index (χ4v) is 1.39. The highest BCUT2D eigenvalue weighted by Crippen LogP contribution is 2.00. The lowest BCUT2D eigenvalue weighted by atomic mass is 10.2. The third kappa shape index (κ3) is 2.17. The highest BCUT2D eigenvalue weighted by atomic mass is 16.6. The van der Waals surface area contributed by atoms with Crippen molar-refractivity contribution in [1.29, 1.82) is 0 Å². The van der Waals surface area contributed by atoms with E-state index in [2.05, 4.69) is 10.6 Å². The van der Waals surface area contributed by atoms with Crippen LogP contribution in [0.2, 0.25) is 0 Å². The normalized spacial score (nSPS) is 31.5. The Kier molecular flexibility index (Phi) is 2.94. The maximum absolute atomic E-state index is 5.49. The summed E-state index contributed by atoms with van der Waals surface area (Å²) in [6, 6.07) is 0.649. The van der Waals surface area contributed by atoms with Crippen LogP contribution in [0.4, 0.5) is 0 Å². The molecule has 0 saturated carbocycles. The molecule has 2 fully saturated rings. The second kappa shape index (κ2) is 4.18. The number of nitrogens with one attached hydrogen (secondary N) is 2. The lowest BCUT2D eigenvalue weighted by molar-refractivity contribution is -0.0874. The van der Waals surface area contributed by atoms with Crippen LogP contribution in [-0.2, 0) is 9.47 Å². The van der Waals surface area contributed by atoms with Gasteiger partial charge in [-0.3, -0.25) is 0 Å². The van der Waals surface area contributed by atoms with Crippen LogP contribution in [0.25, 0.3) is 0 Å². The van der Waals surface area contributed by atoms with E-state index in [-0.39, 0.29) is 6.10 Å². The van der Waals surface area contributed by atoms with Gasteiger partial charge in [0.25, 0.3) is 0 Å². The minimum Gasteiger partial charge on any atom is -0.376 e. The van der Waals surface area contributed by atoms with Gasteiger partial charge in [0.05, 0.1) is 25.9 Å². The average Bonchev–Trinajstić information content (AvgIpc) is 2.04. The molecule has 4 nitrogen and oxygen atoms in total. The van der Waals surface area contributed by atoms with Gasteiger partial charge < -0.3 is 20.1 Å². The molecule has 2 N–H and O–H groups in total. The van der Waals surface area contributed by atoms with Crippen LogP contribution >= 0.6 is 0 Å². The highest BCUT2D eigenvalue weighted by Gasteiger charge is 2.19. The van der Waals surface area contributed by atoms with Crippen LogP contribution in [0.1, 0.15) is 0 Å². The molecule has 0 bridgehead atoms. The van der Waals surface area contributed by atoms with E-state index in [1.54, 1.807) is 0 Å². The largest absolute Gasteiger partial charge is 0.376 e. The molecule has 0 amide bonds. The van der Waals surface area contributed by atoms with Crippen LogP contribution in [-0.4, -0.2) is 51.6 Å². The second-order valence-electron chi connectivity index (χ2n) is 3.33. The van der Waals surface area contributed by atoms with Crippen LogP contribution < -0.4 is 10.6 Å². The van der Waals surface area contributed by atoms with Crippen molar-refractivity contribution in [2.24, 2.45) is 0 Å². The van der Waals surface area contributed by atoms with E-state index in [4.69, 9.17) is 9.47 Å². The van der Waals surface area contributed by atoms with Gasteiger partial charge in [0.15, 0.2) is 0 Å². The monoisotopic (exact) mass is 172 g/mol. The van der Waals surface area contributed by atoms with Crippen molar-refractivity contribution < 1.29 is 9.47 Å². The quantitative estimate of drug-likeness (QED) is 0.571. The molecular formula is C8H16N2O2. The molecule has 0 radical (unpaired) electrons. The summed E-state index contributed by atoms with van der Waals surface area (Å²) in [4.78, 5) is 0. The number of hydrogen-bond donors (Lipinski definition) is 2. The zero-order valence-electron chi connectivity index (χ0n) is 7.21. The van der Waals surface area contributed by atoms with E-state index in [0.717, 1.165) is 39.5 Å². The summed E-state index contributed by atoms with van der Waals surface area (Å²) in [5, 5.41) is 6.64. The highest BCUT2D eigenvalue weighted by molar-refractivity contribution is 4.82. The minimum absolute atomic E-state index is 0.263. The average molecular weight is 172 g/mol. The summed E-state index contributed by atoms with van der Waals surface area (Å²) in [5.41, 5.74) is 0. The second-order valence-corrected chi connectivity index (χ2v) is 3.33. The Bertz CT molecular complexity index is 133. The first-order valence-electron chi connectivity index (χ1n) is 4.58. The van der Waals surface area contributed by atoms with E-state index in [0.29, 0.717) is 6.04 Å². The van der Waals surface area contributed by atoms with Gasteiger partial charge in [-0.2, -0.15) is 0 Å². The molecular weight excluding hydrogens is 156 g/mol. The van der Waals surface area contributed by atoms with Crippen LogP contribution in [0, 0.1) is 0 Å². The summed E-state index contributed by atoms with van der Waals surface area (Å²) in [6.45, 7) is 5.34. The van der Waals surface area contributed by atoms with Crippen molar-refractivity contribution in [3.63, 3.8) is 0 Å². The summed E-state index contributed by atoms with van der Waals surface area (Å²) >= 11 is 0. The molecule has 1 atom stereocenters. The maximum Gasteiger partial charge on any atom is 0.0933 e. The Morgan fingerprint density at radius 2 is 2.25 bits per heavy atom. The Hall–Kier alpha value is -0.160. The molecule has 0 aromatic rings. The molecule has 0 aliphatic carbocycles. The van der Waals surface area contributed by atoms with Crippen molar-refractivity contribution in [3.05, 3.63) is 0 Å². The summed E-state index contributed by atoms with van der Waals surface area (Å²) in [6.07, 6.45) is 0.263. The predicted octanol–water partition coefficient (Wildman–Crippen LogP) is -1.04. The fraction of sp³-hybridized carbons (Fsp3) is 1.00. The molecule has 70 valence electrons. The molecule has 0 spiro atoms. The number of ether oxygens (including phenoxy) is 2. The van der Waals surface area contributed by atoms with Gasteiger partial charge in [-0.05, 0) is 0 Å². The van der Waals surface area contributed by atoms with Crippen molar-refractivity contribution in [3.8, 4) is 0 Å². The Morgan fingerprint density at radius 1 is 1.33 bits per heavy atom. The number of hydrogen-bond acceptors (Lipinski definition) is 4. The topological polar surface area (TPSA) is 42.5 Å². The summed E-state index contributed by atoms with van der Waals surface area (Å²) < 4.78 is 10.8. The summed E-state index contributed by atoms with van der Waals surface area (Å²) in [7, 11) is 0. The van der Waals surface area contributed by atoms with Crippen molar-refractivity contribution in [1.82, 2.24) is 10.6 Å². The maximum atomic E-state index is 5.49. The first kappa shape index (κ1) is 8.44. The first-order chi connectivity index (χ1) is 5.95. The molecule has 12 heavy (non-hydrogen) atoms. The standard InChI is InChI=1S/C8H16N2O2/c1-2-12-8(6-11-1)5-10-7-3-9-4-7/h7-10H,1-6H2.